The minimum absolute atomic E-state index is 0.243. The summed E-state index contributed by atoms with van der Waals surface area (Å²) in [5.74, 6) is 0.510. The fourth-order valence-corrected chi connectivity index (χ4v) is 1.60. The van der Waals surface area contributed by atoms with E-state index in [0.717, 1.165) is 12.1 Å². The molecule has 1 aromatic carbocycles. The molecule has 1 unspecified atom stereocenters. The predicted octanol–water partition coefficient (Wildman–Crippen LogP) is 2.22. The molecule has 0 saturated heterocycles. The fourth-order valence-electron chi connectivity index (χ4n) is 1.60. The summed E-state index contributed by atoms with van der Waals surface area (Å²) in [7, 11) is 0. The second kappa shape index (κ2) is 6.66. The summed E-state index contributed by atoms with van der Waals surface area (Å²) in [6.45, 7) is 6.58. The van der Waals surface area contributed by atoms with Crippen LogP contribution in [0.25, 0.3) is 0 Å². The molecule has 0 aliphatic rings. The van der Waals surface area contributed by atoms with Gasteiger partial charge in [0.1, 0.15) is 0 Å². The highest BCUT2D eigenvalue weighted by Crippen LogP contribution is 2.06. The molecule has 16 heavy (non-hydrogen) atoms. The minimum Gasteiger partial charge on any atom is -0.392 e. The van der Waals surface area contributed by atoms with Gasteiger partial charge in [-0.2, -0.15) is 0 Å². The molecule has 1 aromatic rings. The predicted molar refractivity (Wildman–Crippen MR) is 68.5 cm³/mol. The molecule has 0 spiro atoms. The van der Waals surface area contributed by atoms with E-state index >= 15 is 0 Å². The van der Waals surface area contributed by atoms with Crippen molar-refractivity contribution in [3.63, 3.8) is 0 Å². The number of aliphatic hydroxyl groups is 1. The highest BCUT2D eigenvalue weighted by atomic mass is 16.3. The summed E-state index contributed by atoms with van der Waals surface area (Å²) in [5, 5.41) is 13.1. The number of hydrogen-bond donors (Lipinski definition) is 2. The van der Waals surface area contributed by atoms with Crippen LogP contribution in [0.3, 0.4) is 0 Å². The Morgan fingerprint density at radius 2 is 1.88 bits per heavy atom. The Kier molecular flexibility index (Phi) is 4.84. The molecule has 0 aromatic heterocycles. The molecule has 2 N–H and O–H groups in total. The van der Waals surface area contributed by atoms with Gasteiger partial charge in [0.05, 0.1) is 7.45 Å². The first-order valence-electron chi connectivity index (χ1n) is 6.39. The van der Waals surface area contributed by atoms with Gasteiger partial charge in [0.2, 0.25) is 0 Å². The van der Waals surface area contributed by atoms with E-state index in [0.29, 0.717) is 12.3 Å². The van der Waals surface area contributed by atoms with Crippen LogP contribution < -0.4 is 5.32 Å². The maximum atomic E-state index is 9.86. The molecular weight excluding hydrogens is 198 g/mol. The average molecular weight is 223 g/mol. The zero-order chi connectivity index (χ0) is 12.9. The summed E-state index contributed by atoms with van der Waals surface area (Å²) in [6, 6.07) is 9.73. The van der Waals surface area contributed by atoms with Crippen LogP contribution in [0.2, 0.25) is 0 Å². The summed E-state index contributed by atoms with van der Waals surface area (Å²) >= 11 is 0. The standard InChI is InChI=1S/C14H23NO/c1-11(2)10-15-14(12(3)16)9-13-7-5-4-6-8-13/h4-8,11-12,14-16H,9-10H2,1-3H3/t12-,14?/m0/s1/i12T. The zero-order valence-corrected chi connectivity index (χ0v) is 10.4. The molecule has 0 saturated carbocycles. The number of benzene rings is 1. The molecule has 0 heterocycles. The highest BCUT2D eigenvalue weighted by Gasteiger charge is 2.14. The Labute approximate surface area is 100 Å². The Bertz CT molecular complexity index is 319. The van der Waals surface area contributed by atoms with Crippen LogP contribution in [0, 0.1) is 5.92 Å². The van der Waals surface area contributed by atoms with E-state index in [-0.39, 0.29) is 6.04 Å². The van der Waals surface area contributed by atoms with Gasteiger partial charge in [-0.1, -0.05) is 44.2 Å². The van der Waals surface area contributed by atoms with Gasteiger partial charge < -0.3 is 10.4 Å². The van der Waals surface area contributed by atoms with E-state index < -0.39 is 6.08 Å². The summed E-state index contributed by atoms with van der Waals surface area (Å²) < 4.78 is 7.78. The third-order valence-corrected chi connectivity index (χ3v) is 2.56. The van der Waals surface area contributed by atoms with Crippen molar-refractivity contribution >= 4 is 0 Å². The van der Waals surface area contributed by atoms with Crippen LogP contribution in [-0.4, -0.2) is 23.8 Å². The van der Waals surface area contributed by atoms with Gasteiger partial charge in [-0.05, 0) is 31.4 Å². The Balaban J connectivity index is 2.64. The largest absolute Gasteiger partial charge is 0.392 e. The molecule has 2 heteroatoms. The maximum Gasteiger partial charge on any atom is 0.0668 e. The van der Waals surface area contributed by atoms with Crippen molar-refractivity contribution in [1.82, 2.24) is 5.32 Å². The van der Waals surface area contributed by atoms with Crippen molar-refractivity contribution in [2.75, 3.05) is 6.54 Å². The van der Waals surface area contributed by atoms with Crippen LogP contribution in [0.4, 0.5) is 0 Å². The first kappa shape index (κ1) is 11.6. The summed E-state index contributed by atoms with van der Waals surface area (Å²) in [4.78, 5) is 0. The Morgan fingerprint density at radius 3 is 2.38 bits per heavy atom. The molecule has 2 atom stereocenters. The van der Waals surface area contributed by atoms with Gasteiger partial charge in [0, 0.05) is 6.04 Å². The SMILES string of the molecule is [3H][C@@](C)(O)C(Cc1ccccc1)NCC(C)C. The Hall–Kier alpha value is -0.860. The van der Waals surface area contributed by atoms with Crippen molar-refractivity contribution in [1.29, 1.82) is 0 Å². The molecule has 0 radical (unpaired) electrons. The van der Waals surface area contributed by atoms with Crippen LogP contribution >= 0.6 is 0 Å². The molecule has 0 aliphatic heterocycles. The summed E-state index contributed by atoms with van der Waals surface area (Å²) in [5.41, 5.74) is 1.14. The van der Waals surface area contributed by atoms with Gasteiger partial charge in [-0.3, -0.25) is 0 Å². The zero-order valence-electron chi connectivity index (χ0n) is 11.4. The molecule has 0 fully saturated rings. The smallest absolute Gasteiger partial charge is 0.0668 e. The van der Waals surface area contributed by atoms with Gasteiger partial charge in [-0.25, -0.2) is 0 Å². The third-order valence-electron chi connectivity index (χ3n) is 2.56. The van der Waals surface area contributed by atoms with E-state index in [1.54, 1.807) is 0 Å². The molecule has 0 aliphatic carbocycles. The molecule has 90 valence electrons. The van der Waals surface area contributed by atoms with Crippen LogP contribution in [-0.2, 0) is 6.42 Å². The number of hydrogen-bond acceptors (Lipinski definition) is 2. The van der Waals surface area contributed by atoms with E-state index in [2.05, 4.69) is 19.2 Å². The van der Waals surface area contributed by atoms with E-state index in [1.807, 2.05) is 30.3 Å². The quantitative estimate of drug-likeness (QED) is 0.775. The lowest BCUT2D eigenvalue weighted by atomic mass is 10.0. The maximum absolute atomic E-state index is 9.86. The topological polar surface area (TPSA) is 32.3 Å². The van der Waals surface area contributed by atoms with Gasteiger partial charge >= 0.3 is 0 Å². The van der Waals surface area contributed by atoms with E-state index in [9.17, 15) is 5.11 Å². The van der Waals surface area contributed by atoms with Gasteiger partial charge in [-0.15, -0.1) is 0 Å². The van der Waals surface area contributed by atoms with Gasteiger partial charge in [0.25, 0.3) is 0 Å². The first-order valence-corrected chi connectivity index (χ1v) is 5.89. The highest BCUT2D eigenvalue weighted by molar-refractivity contribution is 5.16. The first-order chi connectivity index (χ1) is 7.89. The van der Waals surface area contributed by atoms with Crippen molar-refractivity contribution in [2.24, 2.45) is 5.92 Å². The number of rotatable bonds is 6. The lowest BCUT2D eigenvalue weighted by Crippen LogP contribution is -2.41. The van der Waals surface area contributed by atoms with Crippen LogP contribution in [0.1, 0.15) is 27.7 Å². The van der Waals surface area contributed by atoms with E-state index in [1.165, 1.54) is 6.92 Å². The molecule has 0 amide bonds. The molecular formula is C14H23NO. The van der Waals surface area contributed by atoms with Crippen LogP contribution in [0.5, 0.6) is 0 Å². The summed E-state index contributed by atoms with van der Waals surface area (Å²) in [6.07, 6.45) is -0.783. The number of nitrogens with one attached hydrogen (secondary N) is 1. The van der Waals surface area contributed by atoms with Crippen molar-refractivity contribution in [3.05, 3.63) is 35.9 Å². The lowest BCUT2D eigenvalue weighted by molar-refractivity contribution is 0.142. The monoisotopic (exact) mass is 223 g/mol. The van der Waals surface area contributed by atoms with E-state index in [4.69, 9.17) is 1.37 Å². The van der Waals surface area contributed by atoms with Crippen molar-refractivity contribution < 1.29 is 6.48 Å². The van der Waals surface area contributed by atoms with Gasteiger partial charge in [0.15, 0.2) is 0 Å². The van der Waals surface area contributed by atoms with Crippen molar-refractivity contribution in [3.8, 4) is 0 Å². The fraction of sp³-hybridized carbons (Fsp3) is 0.571. The Morgan fingerprint density at radius 1 is 1.25 bits per heavy atom. The van der Waals surface area contributed by atoms with Crippen molar-refractivity contribution in [2.45, 2.75) is 39.3 Å². The molecule has 1 rings (SSSR count). The minimum atomic E-state index is -1.45. The second-order valence-corrected chi connectivity index (χ2v) is 4.69. The molecule has 2 nitrogen and oxygen atoms in total. The third kappa shape index (κ3) is 4.77. The van der Waals surface area contributed by atoms with Crippen LogP contribution in [0.15, 0.2) is 30.3 Å². The average Bonchev–Trinajstić information content (AvgIpc) is 2.23. The lowest BCUT2D eigenvalue weighted by Gasteiger charge is -2.22. The second-order valence-electron chi connectivity index (χ2n) is 4.69. The normalized spacial score (nSPS) is 17.9. The molecule has 0 bridgehead atoms.